The van der Waals surface area contributed by atoms with Crippen LogP contribution in [0.5, 0.6) is 5.75 Å². The van der Waals surface area contributed by atoms with E-state index in [-0.39, 0.29) is 23.8 Å². The van der Waals surface area contributed by atoms with Crippen LogP contribution in [0, 0.1) is 20.8 Å². The average Bonchev–Trinajstić information content (AvgIpc) is 3.08. The summed E-state index contributed by atoms with van der Waals surface area (Å²) in [5.41, 5.74) is 4.15. The van der Waals surface area contributed by atoms with Crippen molar-refractivity contribution in [3.8, 4) is 11.4 Å². The molecule has 36 heavy (non-hydrogen) atoms. The lowest BCUT2D eigenvalue weighted by Gasteiger charge is -2.10. The summed E-state index contributed by atoms with van der Waals surface area (Å²) in [4.78, 5) is 38.4. The monoisotopic (exact) mass is 484 g/mol. The fraction of sp³-hybridized carbons (Fsp3) is 0.179. The van der Waals surface area contributed by atoms with Crippen LogP contribution >= 0.6 is 0 Å². The number of aromatic nitrogens is 2. The number of benzene rings is 3. The van der Waals surface area contributed by atoms with Gasteiger partial charge in [0.1, 0.15) is 11.4 Å². The van der Waals surface area contributed by atoms with Crippen LogP contribution in [0.2, 0.25) is 0 Å². The number of hydrogen-bond acceptors (Lipinski definition) is 4. The first-order valence-corrected chi connectivity index (χ1v) is 11.5. The molecule has 0 atom stereocenters. The Hall–Kier alpha value is -4.59. The van der Waals surface area contributed by atoms with Crippen molar-refractivity contribution >= 4 is 23.2 Å². The fourth-order valence-corrected chi connectivity index (χ4v) is 3.79. The standard InChI is InChI=1S/C28H28N4O4/c1-18-13-14-24(15-19(18)2)36-17-25(33)29-22-10-8-9-21(16-22)27(34)30-26-20(3)31(4)32(28(26)35)23-11-6-5-7-12-23/h5-16H,17H2,1-4H3,(H,29,33)(H,30,34). The van der Waals surface area contributed by atoms with Gasteiger partial charge >= 0.3 is 0 Å². The number of nitrogens with zero attached hydrogens (tertiary/aromatic N) is 2. The Bertz CT molecular complexity index is 1490. The van der Waals surface area contributed by atoms with Crippen LogP contribution in [-0.2, 0) is 11.8 Å². The molecule has 184 valence electrons. The van der Waals surface area contributed by atoms with Crippen molar-refractivity contribution in [1.29, 1.82) is 0 Å². The molecule has 0 radical (unpaired) electrons. The first-order chi connectivity index (χ1) is 17.2. The number of para-hydroxylation sites is 1. The smallest absolute Gasteiger partial charge is 0.295 e. The fourth-order valence-electron chi connectivity index (χ4n) is 3.79. The zero-order valence-electron chi connectivity index (χ0n) is 20.7. The Morgan fingerprint density at radius 2 is 1.61 bits per heavy atom. The van der Waals surface area contributed by atoms with E-state index < -0.39 is 5.91 Å². The maximum atomic E-state index is 13.1. The van der Waals surface area contributed by atoms with E-state index in [4.69, 9.17) is 4.74 Å². The Balaban J connectivity index is 1.45. The molecule has 2 N–H and O–H groups in total. The largest absolute Gasteiger partial charge is 0.484 e. The first-order valence-electron chi connectivity index (χ1n) is 11.5. The summed E-state index contributed by atoms with van der Waals surface area (Å²) in [6, 6.07) is 21.3. The Labute approximate surface area is 209 Å². The second-order valence-corrected chi connectivity index (χ2v) is 8.55. The van der Waals surface area contributed by atoms with E-state index in [0.717, 1.165) is 11.1 Å². The lowest BCUT2D eigenvalue weighted by molar-refractivity contribution is -0.118. The molecular weight excluding hydrogens is 456 g/mol. The molecule has 0 fully saturated rings. The van der Waals surface area contributed by atoms with Crippen molar-refractivity contribution < 1.29 is 14.3 Å². The summed E-state index contributed by atoms with van der Waals surface area (Å²) >= 11 is 0. The molecular formula is C28H28N4O4. The SMILES string of the molecule is Cc1ccc(OCC(=O)Nc2cccc(C(=O)Nc3c(C)n(C)n(-c4ccccc4)c3=O)c2)cc1C. The minimum absolute atomic E-state index is 0.166. The van der Waals surface area contributed by atoms with E-state index in [9.17, 15) is 14.4 Å². The summed E-state index contributed by atoms with van der Waals surface area (Å²) in [6.45, 7) is 5.59. The number of ether oxygens (including phenoxy) is 1. The zero-order chi connectivity index (χ0) is 25.8. The lowest BCUT2D eigenvalue weighted by atomic mass is 10.1. The van der Waals surface area contributed by atoms with E-state index in [1.54, 1.807) is 42.9 Å². The summed E-state index contributed by atoms with van der Waals surface area (Å²) in [5, 5.41) is 5.47. The first kappa shape index (κ1) is 24.5. The maximum absolute atomic E-state index is 13.1. The number of amides is 2. The maximum Gasteiger partial charge on any atom is 0.295 e. The molecule has 1 heterocycles. The zero-order valence-corrected chi connectivity index (χ0v) is 20.7. The van der Waals surface area contributed by atoms with E-state index in [0.29, 0.717) is 28.4 Å². The van der Waals surface area contributed by atoms with Crippen LogP contribution in [-0.4, -0.2) is 27.8 Å². The Kier molecular flexibility index (Phi) is 7.05. The van der Waals surface area contributed by atoms with Crippen LogP contribution in [0.1, 0.15) is 27.2 Å². The summed E-state index contributed by atoms with van der Waals surface area (Å²) in [7, 11) is 1.76. The Morgan fingerprint density at radius 3 is 2.33 bits per heavy atom. The van der Waals surface area contributed by atoms with Gasteiger partial charge < -0.3 is 15.4 Å². The normalized spacial score (nSPS) is 10.7. The van der Waals surface area contributed by atoms with Crippen LogP contribution in [0.25, 0.3) is 5.69 Å². The van der Waals surface area contributed by atoms with Crippen molar-refractivity contribution in [2.24, 2.45) is 7.05 Å². The summed E-state index contributed by atoms with van der Waals surface area (Å²) in [5.74, 6) is -0.195. The van der Waals surface area contributed by atoms with Crippen molar-refractivity contribution in [3.63, 3.8) is 0 Å². The highest BCUT2D eigenvalue weighted by Gasteiger charge is 2.19. The van der Waals surface area contributed by atoms with Gasteiger partial charge in [-0.15, -0.1) is 0 Å². The number of carbonyl (C=O) groups is 2. The summed E-state index contributed by atoms with van der Waals surface area (Å²) in [6.07, 6.45) is 0. The van der Waals surface area contributed by atoms with Crippen molar-refractivity contribution in [3.05, 3.63) is 106 Å². The van der Waals surface area contributed by atoms with E-state index in [1.807, 2.05) is 62.4 Å². The van der Waals surface area contributed by atoms with Gasteiger partial charge in [-0.05, 0) is 74.4 Å². The van der Waals surface area contributed by atoms with Gasteiger partial charge in [-0.1, -0.05) is 30.3 Å². The predicted octanol–water partition coefficient (Wildman–Crippen LogP) is 4.37. The third-order valence-corrected chi connectivity index (χ3v) is 6.05. The highest BCUT2D eigenvalue weighted by atomic mass is 16.5. The minimum atomic E-state index is -0.455. The molecule has 1 aromatic heterocycles. The second-order valence-electron chi connectivity index (χ2n) is 8.55. The van der Waals surface area contributed by atoms with Crippen molar-refractivity contribution in [2.75, 3.05) is 17.2 Å². The van der Waals surface area contributed by atoms with Gasteiger partial charge in [0.05, 0.1) is 11.4 Å². The minimum Gasteiger partial charge on any atom is -0.484 e. The molecule has 8 nitrogen and oxygen atoms in total. The molecule has 4 rings (SSSR count). The second kappa shape index (κ2) is 10.4. The molecule has 4 aromatic rings. The van der Waals surface area contributed by atoms with Gasteiger partial charge in [0.2, 0.25) is 0 Å². The van der Waals surface area contributed by atoms with Crippen molar-refractivity contribution in [2.45, 2.75) is 20.8 Å². The molecule has 0 saturated heterocycles. The number of rotatable bonds is 7. The number of aryl methyl sites for hydroxylation is 2. The van der Waals surface area contributed by atoms with Crippen LogP contribution in [0.3, 0.4) is 0 Å². The highest BCUT2D eigenvalue weighted by Crippen LogP contribution is 2.18. The molecule has 0 unspecified atom stereocenters. The van der Waals surface area contributed by atoms with Gasteiger partial charge in [-0.2, -0.15) is 0 Å². The van der Waals surface area contributed by atoms with Gasteiger partial charge in [0, 0.05) is 18.3 Å². The van der Waals surface area contributed by atoms with E-state index in [2.05, 4.69) is 10.6 Å². The lowest BCUT2D eigenvalue weighted by Crippen LogP contribution is -2.23. The van der Waals surface area contributed by atoms with Gasteiger partial charge in [0.15, 0.2) is 6.61 Å². The number of carbonyl (C=O) groups excluding carboxylic acids is 2. The van der Waals surface area contributed by atoms with Crippen molar-refractivity contribution in [1.82, 2.24) is 9.36 Å². The molecule has 0 aliphatic heterocycles. The molecule has 2 amide bonds. The molecule has 3 aromatic carbocycles. The van der Waals surface area contributed by atoms with Crippen LogP contribution in [0.4, 0.5) is 11.4 Å². The summed E-state index contributed by atoms with van der Waals surface area (Å²) < 4.78 is 8.77. The number of hydrogen-bond donors (Lipinski definition) is 2. The molecule has 0 spiro atoms. The van der Waals surface area contributed by atoms with Gasteiger partial charge in [-0.25, -0.2) is 4.68 Å². The van der Waals surface area contributed by atoms with E-state index in [1.165, 1.54) is 4.68 Å². The quantitative estimate of drug-likeness (QED) is 0.407. The van der Waals surface area contributed by atoms with Gasteiger partial charge in [-0.3, -0.25) is 19.1 Å². The van der Waals surface area contributed by atoms with Crippen LogP contribution in [0.15, 0.2) is 77.6 Å². The third-order valence-electron chi connectivity index (χ3n) is 6.05. The molecule has 0 saturated carbocycles. The number of nitrogens with one attached hydrogen (secondary N) is 2. The third kappa shape index (κ3) is 5.22. The van der Waals surface area contributed by atoms with E-state index >= 15 is 0 Å². The van der Waals surface area contributed by atoms with Gasteiger partial charge in [0.25, 0.3) is 17.4 Å². The number of anilines is 2. The predicted molar refractivity (Wildman–Crippen MR) is 140 cm³/mol. The topological polar surface area (TPSA) is 94.4 Å². The average molecular weight is 485 g/mol. The molecule has 8 heteroatoms. The Morgan fingerprint density at radius 1 is 0.861 bits per heavy atom. The molecule has 0 aliphatic carbocycles. The molecule has 0 bridgehead atoms. The van der Waals surface area contributed by atoms with Crippen LogP contribution < -0.4 is 20.9 Å². The molecule has 0 aliphatic rings. The highest BCUT2D eigenvalue weighted by molar-refractivity contribution is 6.05.